The van der Waals surface area contributed by atoms with Gasteiger partial charge in [-0.2, -0.15) is 0 Å². The Morgan fingerprint density at radius 1 is 1.11 bits per heavy atom. The molecule has 0 radical (unpaired) electrons. The van der Waals surface area contributed by atoms with E-state index in [-0.39, 0.29) is 17.6 Å². The second-order valence-electron chi connectivity index (χ2n) is 5.02. The van der Waals surface area contributed by atoms with Gasteiger partial charge in [0.1, 0.15) is 6.29 Å². The van der Waals surface area contributed by atoms with E-state index in [4.69, 9.17) is 0 Å². The van der Waals surface area contributed by atoms with Crippen LogP contribution in [-0.2, 0) is 14.4 Å². The van der Waals surface area contributed by atoms with Gasteiger partial charge in [0.25, 0.3) is 0 Å². The average molecular weight is 265 g/mol. The van der Waals surface area contributed by atoms with Gasteiger partial charge in [0.05, 0.1) is 0 Å². The molecule has 1 N–H and O–H groups in total. The first-order chi connectivity index (χ1) is 9.24. The highest BCUT2D eigenvalue weighted by molar-refractivity contribution is 5.98. The lowest BCUT2D eigenvalue weighted by molar-refractivity contribution is -0.120. The fourth-order valence-electron chi connectivity index (χ4n) is 2.31. The van der Waals surface area contributed by atoms with E-state index in [0.29, 0.717) is 19.4 Å². The van der Waals surface area contributed by atoms with Crippen LogP contribution in [0.25, 0.3) is 0 Å². The Kier molecular flexibility index (Phi) is 7.78. The molecule has 106 valence electrons. The summed E-state index contributed by atoms with van der Waals surface area (Å²) in [6.07, 6.45) is 10.7. The lowest BCUT2D eigenvalue weighted by Gasteiger charge is -2.12. The number of rotatable bonds is 3. The molecule has 0 aromatic carbocycles. The van der Waals surface area contributed by atoms with Crippen LogP contribution in [-0.4, -0.2) is 24.5 Å². The van der Waals surface area contributed by atoms with Crippen molar-refractivity contribution >= 4 is 18.0 Å². The summed E-state index contributed by atoms with van der Waals surface area (Å²) >= 11 is 0. The number of allylic oxidation sites excluding steroid dienone is 1. The third-order valence-electron chi connectivity index (χ3n) is 3.46. The second kappa shape index (κ2) is 9.48. The third-order valence-corrected chi connectivity index (χ3v) is 3.46. The normalized spacial score (nSPS) is 22.8. The molecule has 19 heavy (non-hydrogen) atoms. The van der Waals surface area contributed by atoms with Gasteiger partial charge in [-0.25, -0.2) is 0 Å². The molecule has 1 aliphatic rings. The number of nitrogens with one attached hydrogen (secondary N) is 1. The molecule has 1 atom stereocenters. The van der Waals surface area contributed by atoms with Crippen LogP contribution >= 0.6 is 0 Å². The number of ketones is 1. The number of aldehydes is 1. The minimum absolute atomic E-state index is 0.0313. The van der Waals surface area contributed by atoms with E-state index < -0.39 is 0 Å². The van der Waals surface area contributed by atoms with E-state index in [2.05, 4.69) is 5.32 Å². The molecule has 4 heteroatoms. The number of carbonyl (C=O) groups excluding carboxylic acids is 3. The highest BCUT2D eigenvalue weighted by atomic mass is 16.1. The minimum atomic E-state index is -0.207. The Morgan fingerprint density at radius 2 is 1.84 bits per heavy atom. The zero-order valence-electron chi connectivity index (χ0n) is 11.4. The van der Waals surface area contributed by atoms with Crippen molar-refractivity contribution in [2.75, 3.05) is 6.54 Å². The molecule has 4 nitrogen and oxygen atoms in total. The quantitative estimate of drug-likeness (QED) is 0.795. The van der Waals surface area contributed by atoms with E-state index in [0.717, 1.165) is 44.8 Å². The molecular formula is C15H23NO3. The lowest BCUT2D eigenvalue weighted by Crippen LogP contribution is -2.22. The Balaban J connectivity index is 2.60. The summed E-state index contributed by atoms with van der Waals surface area (Å²) in [5.41, 5.74) is 0. The van der Waals surface area contributed by atoms with Crippen molar-refractivity contribution in [3.05, 3.63) is 12.2 Å². The van der Waals surface area contributed by atoms with Crippen molar-refractivity contribution in [1.29, 1.82) is 0 Å². The van der Waals surface area contributed by atoms with Crippen molar-refractivity contribution in [1.82, 2.24) is 5.32 Å². The molecule has 0 bridgehead atoms. The van der Waals surface area contributed by atoms with E-state index >= 15 is 0 Å². The van der Waals surface area contributed by atoms with Crippen LogP contribution < -0.4 is 5.32 Å². The minimum Gasteiger partial charge on any atom is -0.353 e. The second-order valence-corrected chi connectivity index (χ2v) is 5.02. The maximum Gasteiger partial charge on any atom is 0.244 e. The molecule has 0 aromatic heterocycles. The summed E-state index contributed by atoms with van der Waals surface area (Å²) in [5.74, 6) is -0.354. The summed E-state index contributed by atoms with van der Waals surface area (Å²) < 4.78 is 0. The predicted molar refractivity (Wildman–Crippen MR) is 73.6 cm³/mol. The molecule has 0 aliphatic carbocycles. The van der Waals surface area contributed by atoms with E-state index in [1.54, 1.807) is 0 Å². The molecule has 0 spiro atoms. The molecule has 0 fully saturated rings. The van der Waals surface area contributed by atoms with Gasteiger partial charge in [-0.3, -0.25) is 9.59 Å². The van der Waals surface area contributed by atoms with Crippen molar-refractivity contribution in [2.45, 2.75) is 51.4 Å². The SMILES string of the molecule is O=CCCC1CCCCCCCNC(=O)C=CC1=O. The highest BCUT2D eigenvalue weighted by Crippen LogP contribution is 2.18. The molecule has 1 heterocycles. The van der Waals surface area contributed by atoms with Gasteiger partial charge in [-0.15, -0.1) is 0 Å². The molecule has 0 saturated heterocycles. The van der Waals surface area contributed by atoms with Gasteiger partial charge >= 0.3 is 0 Å². The van der Waals surface area contributed by atoms with Gasteiger partial charge in [0.15, 0.2) is 5.78 Å². The number of hydrogen-bond donors (Lipinski definition) is 1. The van der Waals surface area contributed by atoms with Crippen LogP contribution in [0.4, 0.5) is 0 Å². The monoisotopic (exact) mass is 265 g/mol. The number of hydrogen-bond acceptors (Lipinski definition) is 3. The Hall–Kier alpha value is -1.45. The molecule has 1 unspecified atom stereocenters. The zero-order valence-corrected chi connectivity index (χ0v) is 11.4. The van der Waals surface area contributed by atoms with Crippen molar-refractivity contribution < 1.29 is 14.4 Å². The average Bonchev–Trinajstić information content (AvgIpc) is 2.42. The smallest absolute Gasteiger partial charge is 0.244 e. The van der Waals surface area contributed by atoms with Crippen LogP contribution in [0, 0.1) is 5.92 Å². The van der Waals surface area contributed by atoms with Gasteiger partial charge in [-0.1, -0.05) is 25.7 Å². The fourth-order valence-corrected chi connectivity index (χ4v) is 2.31. The molecule has 0 saturated carbocycles. The Labute approximate surface area is 114 Å². The molecular weight excluding hydrogens is 242 g/mol. The summed E-state index contributed by atoms with van der Waals surface area (Å²) in [6, 6.07) is 0. The number of amides is 1. The number of carbonyl (C=O) groups is 3. The topological polar surface area (TPSA) is 63.2 Å². The van der Waals surface area contributed by atoms with Crippen LogP contribution in [0.2, 0.25) is 0 Å². The largest absolute Gasteiger partial charge is 0.353 e. The highest BCUT2D eigenvalue weighted by Gasteiger charge is 2.15. The van der Waals surface area contributed by atoms with Crippen LogP contribution in [0.1, 0.15) is 51.4 Å². The first kappa shape index (κ1) is 15.6. The summed E-state index contributed by atoms with van der Waals surface area (Å²) in [7, 11) is 0. The first-order valence-electron chi connectivity index (χ1n) is 7.17. The van der Waals surface area contributed by atoms with E-state index in [1.165, 1.54) is 12.2 Å². The van der Waals surface area contributed by atoms with Crippen molar-refractivity contribution in [3.63, 3.8) is 0 Å². The fraction of sp³-hybridized carbons (Fsp3) is 0.667. The van der Waals surface area contributed by atoms with Gasteiger partial charge < -0.3 is 10.1 Å². The third kappa shape index (κ3) is 6.89. The summed E-state index contributed by atoms with van der Waals surface area (Å²) in [4.78, 5) is 33.9. The predicted octanol–water partition coefficient (Wildman–Crippen LogP) is 2.18. The summed E-state index contributed by atoms with van der Waals surface area (Å²) in [6.45, 7) is 0.673. The molecule has 0 aromatic rings. The maximum absolute atomic E-state index is 12.0. The molecule has 1 amide bonds. The van der Waals surface area contributed by atoms with Crippen LogP contribution in [0.15, 0.2) is 12.2 Å². The molecule has 1 aliphatic heterocycles. The van der Waals surface area contributed by atoms with Crippen molar-refractivity contribution in [2.24, 2.45) is 5.92 Å². The Morgan fingerprint density at radius 3 is 2.63 bits per heavy atom. The van der Waals surface area contributed by atoms with Crippen LogP contribution in [0.5, 0.6) is 0 Å². The van der Waals surface area contributed by atoms with E-state index in [1.807, 2.05) is 0 Å². The van der Waals surface area contributed by atoms with Gasteiger partial charge in [-0.05, 0) is 25.3 Å². The first-order valence-corrected chi connectivity index (χ1v) is 7.17. The van der Waals surface area contributed by atoms with Crippen molar-refractivity contribution in [3.8, 4) is 0 Å². The van der Waals surface area contributed by atoms with Gasteiger partial charge in [0, 0.05) is 25.0 Å². The standard InChI is InChI=1S/C15H23NO3/c17-12-6-8-13-7-4-2-1-3-5-11-16-15(19)10-9-14(13)18/h9-10,12-13H,1-8,11H2,(H,16,19). The van der Waals surface area contributed by atoms with Gasteiger partial charge in [0.2, 0.25) is 5.91 Å². The zero-order chi connectivity index (χ0) is 13.9. The summed E-state index contributed by atoms with van der Waals surface area (Å²) in [5, 5.41) is 2.77. The molecule has 1 rings (SSSR count). The Bertz CT molecular complexity index is 336. The van der Waals surface area contributed by atoms with Crippen LogP contribution in [0.3, 0.4) is 0 Å². The maximum atomic E-state index is 12.0. The van der Waals surface area contributed by atoms with E-state index in [9.17, 15) is 14.4 Å². The lowest BCUT2D eigenvalue weighted by atomic mass is 9.92.